The summed E-state index contributed by atoms with van der Waals surface area (Å²) in [4.78, 5) is 4.68. The fraction of sp³-hybridized carbons (Fsp3) is 0.867. The van der Waals surface area contributed by atoms with Crippen molar-refractivity contribution in [3.8, 4) is 0 Å². The Morgan fingerprint density at radius 2 is 2.10 bits per heavy atom. The zero-order valence-corrected chi connectivity index (χ0v) is 12.3. The molecule has 20 heavy (non-hydrogen) atoms. The molecular formula is C15H25N3O2. The van der Waals surface area contributed by atoms with Crippen LogP contribution >= 0.6 is 0 Å². The first-order valence-corrected chi connectivity index (χ1v) is 8.03. The van der Waals surface area contributed by atoms with Crippen LogP contribution in [0.2, 0.25) is 0 Å². The van der Waals surface area contributed by atoms with Crippen LogP contribution in [0.25, 0.3) is 0 Å². The molecule has 1 saturated heterocycles. The molecule has 1 aliphatic carbocycles. The summed E-state index contributed by atoms with van der Waals surface area (Å²) in [6.07, 6.45) is 7.16. The van der Waals surface area contributed by atoms with E-state index in [2.05, 4.69) is 22.4 Å². The lowest BCUT2D eigenvalue weighted by atomic mass is 9.95. The first-order valence-electron chi connectivity index (χ1n) is 8.03. The van der Waals surface area contributed by atoms with Gasteiger partial charge in [-0.1, -0.05) is 24.9 Å². The maximum atomic E-state index is 5.61. The average Bonchev–Trinajstić information content (AvgIpc) is 3.15. The van der Waals surface area contributed by atoms with Crippen molar-refractivity contribution < 1.29 is 9.26 Å². The Kier molecular flexibility index (Phi) is 4.68. The number of hydrogen-bond donors (Lipinski definition) is 1. The highest BCUT2D eigenvalue weighted by atomic mass is 16.5. The molecule has 0 spiro atoms. The smallest absolute Gasteiger partial charge is 0.233 e. The molecule has 2 heterocycles. The van der Waals surface area contributed by atoms with Crippen molar-refractivity contribution in [1.29, 1.82) is 0 Å². The van der Waals surface area contributed by atoms with E-state index in [1.807, 2.05) is 0 Å². The van der Waals surface area contributed by atoms with Crippen molar-refractivity contribution in [3.05, 3.63) is 11.7 Å². The van der Waals surface area contributed by atoms with Gasteiger partial charge in [0.2, 0.25) is 5.89 Å². The first kappa shape index (κ1) is 14.0. The average molecular weight is 279 g/mol. The molecule has 0 aromatic carbocycles. The SMILES string of the molecule is CCCNC1CCOCC1c1nc(C2CCCC2)no1. The summed E-state index contributed by atoms with van der Waals surface area (Å²) < 4.78 is 11.2. The Labute approximate surface area is 120 Å². The Morgan fingerprint density at radius 3 is 2.90 bits per heavy atom. The summed E-state index contributed by atoms with van der Waals surface area (Å²) >= 11 is 0. The molecule has 1 aromatic heterocycles. The van der Waals surface area contributed by atoms with Crippen molar-refractivity contribution in [2.24, 2.45) is 0 Å². The second kappa shape index (κ2) is 6.68. The van der Waals surface area contributed by atoms with Crippen molar-refractivity contribution in [1.82, 2.24) is 15.5 Å². The summed E-state index contributed by atoms with van der Waals surface area (Å²) in [5, 5.41) is 7.81. The van der Waals surface area contributed by atoms with E-state index in [-0.39, 0.29) is 5.92 Å². The highest BCUT2D eigenvalue weighted by molar-refractivity contribution is 5.04. The number of ether oxygens (including phenoxy) is 1. The lowest BCUT2D eigenvalue weighted by Crippen LogP contribution is -2.41. The topological polar surface area (TPSA) is 60.2 Å². The predicted octanol–water partition coefficient (Wildman–Crippen LogP) is 2.60. The van der Waals surface area contributed by atoms with Gasteiger partial charge in [0.25, 0.3) is 0 Å². The third-order valence-corrected chi connectivity index (χ3v) is 4.51. The summed E-state index contributed by atoms with van der Waals surface area (Å²) in [5.74, 6) is 2.40. The summed E-state index contributed by atoms with van der Waals surface area (Å²) in [5.41, 5.74) is 0. The normalized spacial score (nSPS) is 28.1. The second-order valence-electron chi connectivity index (χ2n) is 6.00. The fourth-order valence-electron chi connectivity index (χ4n) is 3.30. The van der Waals surface area contributed by atoms with E-state index in [9.17, 15) is 0 Å². The van der Waals surface area contributed by atoms with Crippen LogP contribution in [0.1, 0.15) is 69.0 Å². The molecular weight excluding hydrogens is 254 g/mol. The Morgan fingerprint density at radius 1 is 1.25 bits per heavy atom. The van der Waals surface area contributed by atoms with Gasteiger partial charge in [0.05, 0.1) is 12.5 Å². The van der Waals surface area contributed by atoms with Gasteiger partial charge >= 0.3 is 0 Å². The van der Waals surface area contributed by atoms with Gasteiger partial charge in [0.1, 0.15) is 0 Å². The van der Waals surface area contributed by atoms with Crippen LogP contribution in [0.4, 0.5) is 0 Å². The minimum Gasteiger partial charge on any atom is -0.381 e. The standard InChI is InChI=1S/C15H25N3O2/c1-2-8-16-13-7-9-19-10-12(13)15-17-14(18-20-15)11-5-3-4-6-11/h11-13,16H,2-10H2,1H3. The molecule has 1 aromatic rings. The number of nitrogens with one attached hydrogen (secondary N) is 1. The maximum absolute atomic E-state index is 5.61. The van der Waals surface area contributed by atoms with E-state index in [1.165, 1.54) is 25.7 Å². The monoisotopic (exact) mass is 279 g/mol. The highest BCUT2D eigenvalue weighted by Crippen LogP contribution is 2.33. The van der Waals surface area contributed by atoms with E-state index in [0.717, 1.165) is 37.7 Å². The summed E-state index contributed by atoms with van der Waals surface area (Å²) in [6.45, 7) is 4.73. The zero-order chi connectivity index (χ0) is 13.8. The lowest BCUT2D eigenvalue weighted by Gasteiger charge is -2.29. The number of rotatable bonds is 5. The number of hydrogen-bond acceptors (Lipinski definition) is 5. The molecule has 1 N–H and O–H groups in total. The molecule has 1 aliphatic heterocycles. The molecule has 2 atom stereocenters. The van der Waals surface area contributed by atoms with Crippen LogP contribution in [-0.2, 0) is 4.74 Å². The number of aromatic nitrogens is 2. The molecule has 1 saturated carbocycles. The molecule has 0 radical (unpaired) electrons. The van der Waals surface area contributed by atoms with Crippen molar-refractivity contribution in [2.45, 2.75) is 63.3 Å². The Hall–Kier alpha value is -0.940. The summed E-state index contributed by atoms with van der Waals surface area (Å²) in [6, 6.07) is 0.403. The van der Waals surface area contributed by atoms with Crippen LogP contribution in [0.15, 0.2) is 4.52 Å². The van der Waals surface area contributed by atoms with E-state index < -0.39 is 0 Å². The van der Waals surface area contributed by atoms with E-state index in [4.69, 9.17) is 9.26 Å². The van der Waals surface area contributed by atoms with Gasteiger partial charge < -0.3 is 14.6 Å². The van der Waals surface area contributed by atoms with E-state index in [0.29, 0.717) is 18.6 Å². The van der Waals surface area contributed by atoms with Gasteiger partial charge in [-0.2, -0.15) is 4.98 Å². The molecule has 0 bridgehead atoms. The molecule has 2 fully saturated rings. The molecule has 5 heteroatoms. The molecule has 112 valence electrons. The third-order valence-electron chi connectivity index (χ3n) is 4.51. The quantitative estimate of drug-likeness (QED) is 0.897. The van der Waals surface area contributed by atoms with Crippen LogP contribution in [-0.4, -0.2) is 35.9 Å². The highest BCUT2D eigenvalue weighted by Gasteiger charge is 2.32. The van der Waals surface area contributed by atoms with Gasteiger partial charge in [-0.15, -0.1) is 0 Å². The molecule has 0 amide bonds. The van der Waals surface area contributed by atoms with E-state index in [1.54, 1.807) is 0 Å². The van der Waals surface area contributed by atoms with Crippen molar-refractivity contribution >= 4 is 0 Å². The van der Waals surface area contributed by atoms with Crippen LogP contribution in [0.5, 0.6) is 0 Å². The van der Waals surface area contributed by atoms with E-state index >= 15 is 0 Å². The van der Waals surface area contributed by atoms with Gasteiger partial charge in [-0.25, -0.2) is 0 Å². The Balaban J connectivity index is 1.69. The van der Waals surface area contributed by atoms with Crippen molar-refractivity contribution in [3.63, 3.8) is 0 Å². The summed E-state index contributed by atoms with van der Waals surface area (Å²) in [7, 11) is 0. The second-order valence-corrected chi connectivity index (χ2v) is 6.00. The minimum absolute atomic E-state index is 0.206. The minimum atomic E-state index is 0.206. The lowest BCUT2D eigenvalue weighted by molar-refractivity contribution is 0.0498. The fourth-order valence-corrected chi connectivity index (χ4v) is 3.30. The number of nitrogens with zero attached hydrogens (tertiary/aromatic N) is 2. The zero-order valence-electron chi connectivity index (χ0n) is 12.3. The molecule has 2 unspecified atom stereocenters. The molecule has 5 nitrogen and oxygen atoms in total. The van der Waals surface area contributed by atoms with Gasteiger partial charge in [0, 0.05) is 18.6 Å². The van der Waals surface area contributed by atoms with Gasteiger partial charge in [0.15, 0.2) is 5.82 Å². The van der Waals surface area contributed by atoms with Crippen LogP contribution in [0, 0.1) is 0 Å². The molecule has 2 aliphatic rings. The largest absolute Gasteiger partial charge is 0.381 e. The van der Waals surface area contributed by atoms with Crippen LogP contribution in [0.3, 0.4) is 0 Å². The van der Waals surface area contributed by atoms with Crippen LogP contribution < -0.4 is 5.32 Å². The van der Waals surface area contributed by atoms with Gasteiger partial charge in [-0.3, -0.25) is 0 Å². The maximum Gasteiger partial charge on any atom is 0.233 e. The van der Waals surface area contributed by atoms with Crippen molar-refractivity contribution in [2.75, 3.05) is 19.8 Å². The van der Waals surface area contributed by atoms with Gasteiger partial charge in [-0.05, 0) is 32.2 Å². The Bertz CT molecular complexity index is 415. The predicted molar refractivity (Wildman–Crippen MR) is 75.8 cm³/mol. The third kappa shape index (κ3) is 3.04. The first-order chi connectivity index (χ1) is 9.88. The molecule has 3 rings (SSSR count).